The Morgan fingerprint density at radius 1 is 0.762 bits per heavy atom. The van der Waals surface area contributed by atoms with Crippen LogP contribution in [0.2, 0.25) is 0 Å². The highest BCUT2D eigenvalue weighted by atomic mass is 16.3. The predicted molar refractivity (Wildman–Crippen MR) is 92.5 cm³/mol. The van der Waals surface area contributed by atoms with Crippen LogP contribution in [0, 0.1) is 5.92 Å². The van der Waals surface area contributed by atoms with Gasteiger partial charge in [0.15, 0.2) is 0 Å². The third kappa shape index (κ3) is 80.8. The van der Waals surface area contributed by atoms with Crippen molar-refractivity contribution in [2.75, 3.05) is 13.2 Å². The molecule has 0 aromatic rings. The van der Waals surface area contributed by atoms with Gasteiger partial charge in [0.2, 0.25) is 0 Å². The smallest absolute Gasteiger partial charge is 0.0512 e. The van der Waals surface area contributed by atoms with Gasteiger partial charge in [0.05, 0.1) is 12.2 Å². The summed E-state index contributed by atoms with van der Waals surface area (Å²) in [6, 6.07) is 0. The molecular weight excluding hydrogens is 268 g/mol. The van der Waals surface area contributed by atoms with Crippen molar-refractivity contribution in [3.05, 3.63) is 0 Å². The molecule has 134 valence electrons. The molecule has 0 aliphatic carbocycles. The zero-order valence-corrected chi connectivity index (χ0v) is 15.5. The lowest BCUT2D eigenvalue weighted by Crippen LogP contribution is -1.95. The standard InChI is InChI=1S/C5H12O.3C4H10O/c1-3-4-5(2)6;1-4(2)3-5;1-3-4(2)5;1-2-3-4-5/h5-6H,3-4H2,1-2H3;2*4-5H,3H2,1-2H3;5H,2-4H2,1H3. The van der Waals surface area contributed by atoms with E-state index in [1.165, 1.54) is 0 Å². The second-order valence-electron chi connectivity index (χ2n) is 5.55. The first kappa shape index (κ1) is 28.9. The Hall–Kier alpha value is -0.160. The van der Waals surface area contributed by atoms with Crippen molar-refractivity contribution < 1.29 is 20.4 Å². The summed E-state index contributed by atoms with van der Waals surface area (Å²) in [5.74, 6) is 0.440. The summed E-state index contributed by atoms with van der Waals surface area (Å²) in [7, 11) is 0. The molecule has 4 nitrogen and oxygen atoms in total. The van der Waals surface area contributed by atoms with E-state index < -0.39 is 0 Å². The maximum atomic E-state index is 8.55. The molecule has 2 unspecified atom stereocenters. The van der Waals surface area contributed by atoms with E-state index in [0.29, 0.717) is 19.1 Å². The van der Waals surface area contributed by atoms with Crippen molar-refractivity contribution in [1.29, 1.82) is 0 Å². The monoisotopic (exact) mass is 310 g/mol. The molecule has 2 atom stereocenters. The van der Waals surface area contributed by atoms with Crippen molar-refractivity contribution in [3.63, 3.8) is 0 Å². The van der Waals surface area contributed by atoms with E-state index in [1.54, 1.807) is 6.92 Å². The average Bonchev–Trinajstić information content (AvgIpc) is 2.41. The summed E-state index contributed by atoms with van der Waals surface area (Å²) in [4.78, 5) is 0. The first-order valence-electron chi connectivity index (χ1n) is 8.30. The molecule has 0 saturated heterocycles. The molecule has 0 spiro atoms. The Kier molecular flexibility index (Phi) is 38.7. The van der Waals surface area contributed by atoms with Crippen molar-refractivity contribution in [3.8, 4) is 0 Å². The molecule has 4 N–H and O–H groups in total. The van der Waals surface area contributed by atoms with Crippen molar-refractivity contribution in [2.24, 2.45) is 5.92 Å². The topological polar surface area (TPSA) is 80.9 Å². The zero-order valence-electron chi connectivity index (χ0n) is 15.5. The lowest BCUT2D eigenvalue weighted by molar-refractivity contribution is 0.183. The Balaban J connectivity index is -0.0000000921. The molecule has 0 saturated carbocycles. The zero-order chi connectivity index (χ0) is 17.7. The molecule has 0 bridgehead atoms. The van der Waals surface area contributed by atoms with Gasteiger partial charge in [-0.3, -0.25) is 0 Å². The largest absolute Gasteiger partial charge is 0.396 e. The average molecular weight is 311 g/mol. The minimum atomic E-state index is -0.116. The highest BCUT2D eigenvalue weighted by Crippen LogP contribution is 1.91. The molecule has 0 fully saturated rings. The van der Waals surface area contributed by atoms with Crippen molar-refractivity contribution >= 4 is 0 Å². The molecular formula is C17H42O4. The molecule has 0 radical (unpaired) electrons. The summed E-state index contributed by atoms with van der Waals surface area (Å²) in [5, 5.41) is 33.1. The van der Waals surface area contributed by atoms with Crippen molar-refractivity contribution in [2.45, 2.75) is 92.8 Å². The van der Waals surface area contributed by atoms with E-state index in [-0.39, 0.29) is 12.2 Å². The van der Waals surface area contributed by atoms with E-state index in [4.69, 9.17) is 20.4 Å². The van der Waals surface area contributed by atoms with Gasteiger partial charge in [-0.1, -0.05) is 47.5 Å². The maximum absolute atomic E-state index is 8.55. The summed E-state index contributed by atoms with van der Waals surface area (Å²) in [6.45, 7) is 14.2. The summed E-state index contributed by atoms with van der Waals surface area (Å²) >= 11 is 0. The number of aliphatic hydroxyl groups excluding tert-OH is 4. The fraction of sp³-hybridized carbons (Fsp3) is 1.00. The SMILES string of the molecule is CC(C)CO.CCC(C)O.CCCC(C)O.CCCCO. The predicted octanol–water partition coefficient (Wildman–Crippen LogP) is 3.36. The van der Waals surface area contributed by atoms with Gasteiger partial charge in [-0.25, -0.2) is 0 Å². The second-order valence-corrected chi connectivity index (χ2v) is 5.55. The van der Waals surface area contributed by atoms with Gasteiger partial charge in [-0.05, 0) is 39.0 Å². The van der Waals surface area contributed by atoms with Crippen LogP contribution in [0.15, 0.2) is 0 Å². The van der Waals surface area contributed by atoms with Gasteiger partial charge in [-0.15, -0.1) is 0 Å². The van der Waals surface area contributed by atoms with Gasteiger partial charge in [0.1, 0.15) is 0 Å². The van der Waals surface area contributed by atoms with Crippen LogP contribution in [0.1, 0.15) is 80.6 Å². The molecule has 0 aliphatic heterocycles. The lowest BCUT2D eigenvalue weighted by Gasteiger charge is -1.95. The number of unbranched alkanes of at least 4 members (excludes halogenated alkanes) is 1. The van der Waals surface area contributed by atoms with Crippen LogP contribution >= 0.6 is 0 Å². The first-order valence-corrected chi connectivity index (χ1v) is 8.30. The molecule has 0 rings (SSSR count). The molecule has 0 amide bonds. The number of aliphatic hydroxyl groups is 4. The number of rotatable bonds is 6. The van der Waals surface area contributed by atoms with Gasteiger partial charge < -0.3 is 20.4 Å². The van der Waals surface area contributed by atoms with Crippen LogP contribution in [0.4, 0.5) is 0 Å². The molecule has 21 heavy (non-hydrogen) atoms. The number of hydrogen-bond acceptors (Lipinski definition) is 4. The summed E-state index contributed by atoms with van der Waals surface area (Å²) < 4.78 is 0. The Morgan fingerprint density at radius 3 is 1.14 bits per heavy atom. The fourth-order valence-electron chi connectivity index (χ4n) is 0.576. The van der Waals surface area contributed by atoms with Gasteiger partial charge >= 0.3 is 0 Å². The minimum Gasteiger partial charge on any atom is -0.396 e. The van der Waals surface area contributed by atoms with Crippen LogP contribution in [0.3, 0.4) is 0 Å². The maximum Gasteiger partial charge on any atom is 0.0512 e. The molecule has 0 aliphatic rings. The molecule has 4 heteroatoms. The highest BCUT2D eigenvalue weighted by molar-refractivity contribution is 4.40. The molecule has 0 aromatic carbocycles. The normalized spacial score (nSPS) is 12.0. The van der Waals surface area contributed by atoms with E-state index in [0.717, 1.165) is 32.1 Å². The molecule has 0 heterocycles. The number of hydrogen-bond donors (Lipinski definition) is 4. The Morgan fingerprint density at radius 2 is 1.14 bits per heavy atom. The fourth-order valence-corrected chi connectivity index (χ4v) is 0.576. The van der Waals surface area contributed by atoms with Gasteiger partial charge in [-0.2, -0.15) is 0 Å². The van der Waals surface area contributed by atoms with Crippen LogP contribution < -0.4 is 0 Å². The quantitative estimate of drug-likeness (QED) is 0.606. The Bertz CT molecular complexity index is 127. The van der Waals surface area contributed by atoms with Crippen LogP contribution in [-0.4, -0.2) is 45.8 Å². The Labute approximate surface area is 133 Å². The lowest BCUT2D eigenvalue weighted by atomic mass is 10.2. The van der Waals surface area contributed by atoms with Crippen molar-refractivity contribution in [1.82, 2.24) is 0 Å². The minimum absolute atomic E-state index is 0.102. The van der Waals surface area contributed by atoms with Crippen LogP contribution in [-0.2, 0) is 0 Å². The summed E-state index contributed by atoms with van der Waals surface area (Å²) in [6.07, 6.45) is 4.69. The highest BCUT2D eigenvalue weighted by Gasteiger charge is 1.87. The third-order valence-electron chi connectivity index (χ3n) is 2.17. The summed E-state index contributed by atoms with van der Waals surface area (Å²) in [5.41, 5.74) is 0. The van der Waals surface area contributed by atoms with E-state index in [2.05, 4.69) is 13.8 Å². The van der Waals surface area contributed by atoms with E-state index in [9.17, 15) is 0 Å². The van der Waals surface area contributed by atoms with E-state index in [1.807, 2.05) is 27.7 Å². The molecule has 0 aromatic heterocycles. The van der Waals surface area contributed by atoms with E-state index >= 15 is 0 Å². The van der Waals surface area contributed by atoms with Crippen LogP contribution in [0.5, 0.6) is 0 Å². The third-order valence-corrected chi connectivity index (χ3v) is 2.17. The second kappa shape index (κ2) is 28.1. The van der Waals surface area contributed by atoms with Gasteiger partial charge in [0, 0.05) is 13.2 Å². The van der Waals surface area contributed by atoms with Gasteiger partial charge in [0.25, 0.3) is 0 Å². The first-order chi connectivity index (χ1) is 9.72. The van der Waals surface area contributed by atoms with Crippen LogP contribution in [0.25, 0.3) is 0 Å².